The van der Waals surface area contributed by atoms with Crippen molar-refractivity contribution in [2.45, 2.75) is 91.0 Å². The van der Waals surface area contributed by atoms with E-state index in [1.807, 2.05) is 41.5 Å². The highest BCUT2D eigenvalue weighted by atomic mass is 32.2. The van der Waals surface area contributed by atoms with E-state index in [1.54, 1.807) is 0 Å². The molecule has 0 fully saturated rings. The van der Waals surface area contributed by atoms with Crippen LogP contribution in [0.25, 0.3) is 0 Å². The van der Waals surface area contributed by atoms with Crippen LogP contribution in [0.15, 0.2) is 0 Å². The van der Waals surface area contributed by atoms with Gasteiger partial charge in [-0.3, -0.25) is 4.79 Å². The number of carbonyl (C=O) groups excluding carboxylic acids is 1. The molecule has 1 amide bonds. The second-order valence-corrected chi connectivity index (χ2v) is 14.6. The Morgan fingerprint density at radius 3 is 1.19 bits per heavy atom. The molecule has 0 saturated carbocycles. The van der Waals surface area contributed by atoms with Gasteiger partial charge in [0.25, 0.3) is 5.24 Å². The quantitative estimate of drug-likeness (QED) is 0.209. The predicted molar refractivity (Wildman–Crippen MR) is 135 cm³/mol. The van der Waals surface area contributed by atoms with Gasteiger partial charge in [-0.05, 0) is 74.1 Å². The highest BCUT2D eigenvalue weighted by Crippen LogP contribution is 2.37. The van der Waals surface area contributed by atoms with Crippen molar-refractivity contribution >= 4 is 34.6 Å². The van der Waals surface area contributed by atoms with E-state index in [9.17, 15) is 4.79 Å². The topological polar surface area (TPSA) is 98.5 Å². The Bertz CT molecular complexity index is 437. The summed E-state index contributed by atoms with van der Waals surface area (Å²) in [6.45, 7) is 17.2. The molecule has 0 radical (unpaired) electrons. The van der Waals surface area contributed by atoms with Crippen molar-refractivity contribution in [3.8, 4) is 0 Å². The zero-order chi connectivity index (χ0) is 24.5. The van der Waals surface area contributed by atoms with Crippen LogP contribution in [0, 0.1) is 0 Å². The highest BCUT2D eigenvalue weighted by molar-refractivity contribution is 8.14. The minimum absolute atomic E-state index is 0.304. The van der Waals surface area contributed by atoms with Crippen LogP contribution in [0.4, 0.5) is 4.79 Å². The van der Waals surface area contributed by atoms with Gasteiger partial charge in [-0.15, -0.1) is 0 Å². The molecule has 0 spiro atoms. The van der Waals surface area contributed by atoms with E-state index in [-0.39, 0.29) is 9.99 Å². The van der Waals surface area contributed by atoms with E-state index in [0.29, 0.717) is 51.7 Å². The number of hydrogen-bond acceptors (Lipinski definition) is 8. The van der Waals surface area contributed by atoms with Gasteiger partial charge in [0.1, 0.15) is 0 Å². The first-order valence-corrected chi connectivity index (χ1v) is 16.7. The van der Waals surface area contributed by atoms with E-state index < -0.39 is 17.6 Å². The van der Waals surface area contributed by atoms with Crippen LogP contribution in [-0.4, -0.2) is 67.2 Å². The summed E-state index contributed by atoms with van der Waals surface area (Å²) in [5.41, 5.74) is 5.57. The lowest BCUT2D eigenvalue weighted by atomic mass is 9.99. The fraction of sp³-hybridized carbons (Fsp3) is 0.952. The normalized spacial score (nSPS) is 13.0. The number of amides is 1. The molecular weight excluding hydrogens is 466 g/mol. The summed E-state index contributed by atoms with van der Waals surface area (Å²) >= 11 is 1.21. The van der Waals surface area contributed by atoms with Gasteiger partial charge in [-0.25, -0.2) is 0 Å². The lowest BCUT2D eigenvalue weighted by Crippen LogP contribution is -2.46. The summed E-state index contributed by atoms with van der Waals surface area (Å²) in [6, 6.07) is 1.43. The number of carbonyl (C=O) groups is 1. The number of nitrogens with two attached hydrogens (primary N) is 1. The minimum atomic E-state index is -2.71. The molecule has 0 bridgehead atoms. The summed E-state index contributed by atoms with van der Waals surface area (Å²) in [5.74, 6) is 0. The molecule has 8 nitrogen and oxygen atoms in total. The van der Waals surface area contributed by atoms with Crippen molar-refractivity contribution in [3.05, 3.63) is 0 Å². The Labute approximate surface area is 202 Å². The highest BCUT2D eigenvalue weighted by Gasteiger charge is 2.42. The zero-order valence-corrected chi connectivity index (χ0v) is 24.1. The summed E-state index contributed by atoms with van der Waals surface area (Å²) in [7, 11) is -5.41. The van der Waals surface area contributed by atoms with E-state index in [2.05, 4.69) is 6.92 Å². The van der Waals surface area contributed by atoms with Crippen LogP contribution in [-0.2, 0) is 26.6 Å². The molecule has 0 saturated heterocycles. The second kappa shape index (κ2) is 17.4. The molecule has 0 aliphatic rings. The van der Waals surface area contributed by atoms with Crippen LogP contribution < -0.4 is 5.73 Å². The van der Waals surface area contributed by atoms with Crippen molar-refractivity contribution in [1.82, 2.24) is 0 Å². The molecule has 192 valence electrons. The lowest BCUT2D eigenvalue weighted by molar-refractivity contribution is 0.0703. The Morgan fingerprint density at radius 1 is 0.688 bits per heavy atom. The average Bonchev–Trinajstić information content (AvgIpc) is 2.68. The van der Waals surface area contributed by atoms with Crippen molar-refractivity contribution in [1.29, 1.82) is 0 Å². The molecule has 0 aromatic heterocycles. The fourth-order valence-electron chi connectivity index (χ4n) is 3.83. The minimum Gasteiger partial charge on any atom is -0.374 e. The average molecular weight is 514 g/mol. The summed E-state index contributed by atoms with van der Waals surface area (Å²) < 4.78 is 35.5. The molecule has 32 heavy (non-hydrogen) atoms. The fourth-order valence-corrected chi connectivity index (χ4v) is 10.0. The van der Waals surface area contributed by atoms with Crippen LogP contribution in [0.5, 0.6) is 0 Å². The first kappa shape index (κ1) is 32.0. The zero-order valence-electron chi connectivity index (χ0n) is 21.3. The first-order chi connectivity index (χ1) is 15.2. The van der Waals surface area contributed by atoms with Crippen LogP contribution in [0.3, 0.4) is 0 Å². The van der Waals surface area contributed by atoms with Crippen molar-refractivity contribution in [2.75, 3.05) is 39.6 Å². The van der Waals surface area contributed by atoms with E-state index in [0.717, 1.165) is 25.7 Å². The summed E-state index contributed by atoms with van der Waals surface area (Å²) in [5, 5.41) is -0.363. The van der Waals surface area contributed by atoms with E-state index >= 15 is 0 Å². The maximum absolute atomic E-state index is 11.8. The molecule has 0 unspecified atom stereocenters. The molecule has 11 heteroatoms. The lowest BCUT2D eigenvalue weighted by Gasteiger charge is -2.33. The maximum atomic E-state index is 11.8. The first-order valence-electron chi connectivity index (χ1n) is 12.0. The summed E-state index contributed by atoms with van der Waals surface area (Å²) in [4.78, 5) is 11.8. The van der Waals surface area contributed by atoms with Gasteiger partial charge in [0.2, 0.25) is 0 Å². The molecule has 0 aromatic rings. The number of rotatable bonds is 21. The van der Waals surface area contributed by atoms with Gasteiger partial charge < -0.3 is 32.3 Å². The monoisotopic (exact) mass is 513 g/mol. The molecule has 0 rings (SSSR count). The van der Waals surface area contributed by atoms with Gasteiger partial charge in [0, 0.05) is 56.5 Å². The predicted octanol–water partition coefficient (Wildman–Crippen LogP) is 5.21. The molecule has 0 aliphatic heterocycles. The number of primary amides is 1. The largest absolute Gasteiger partial charge is 0.500 e. The Morgan fingerprint density at radius 2 is 0.969 bits per heavy atom. The van der Waals surface area contributed by atoms with E-state index in [4.69, 9.17) is 32.3 Å². The van der Waals surface area contributed by atoms with Crippen LogP contribution in [0.2, 0.25) is 12.1 Å². The SMILES string of the molecule is CCO[Si](CCCC(C)(CCC[Si](OCC)(OCC)OCC)SC(N)=O)(OCC)OCC. The third-order valence-electron chi connectivity index (χ3n) is 4.91. The van der Waals surface area contributed by atoms with Gasteiger partial charge in [-0.2, -0.15) is 0 Å². The van der Waals surface area contributed by atoms with Gasteiger partial charge >= 0.3 is 17.6 Å². The second-order valence-electron chi connectivity index (χ2n) is 7.54. The van der Waals surface area contributed by atoms with Gasteiger partial charge in [0.05, 0.1) is 0 Å². The smallest absolute Gasteiger partial charge is 0.374 e. The Kier molecular flexibility index (Phi) is 17.5. The van der Waals surface area contributed by atoms with E-state index in [1.165, 1.54) is 11.8 Å². The molecule has 2 N–H and O–H groups in total. The Balaban J connectivity index is 5.17. The number of hydrogen-bond donors (Lipinski definition) is 1. The van der Waals surface area contributed by atoms with Crippen LogP contribution in [0.1, 0.15) is 74.1 Å². The number of thioether (sulfide) groups is 1. The molecular formula is C21H47NO7SSi2. The molecule has 0 aliphatic carbocycles. The van der Waals surface area contributed by atoms with Crippen molar-refractivity contribution in [2.24, 2.45) is 5.73 Å². The van der Waals surface area contributed by atoms with Crippen molar-refractivity contribution < 1.29 is 31.4 Å². The maximum Gasteiger partial charge on any atom is 0.500 e. The molecule has 0 atom stereocenters. The molecule has 0 heterocycles. The van der Waals surface area contributed by atoms with Crippen LogP contribution >= 0.6 is 11.8 Å². The third kappa shape index (κ3) is 12.5. The molecule has 0 aromatic carbocycles. The Hall–Kier alpha value is 0.0138. The van der Waals surface area contributed by atoms with Gasteiger partial charge in [0.15, 0.2) is 0 Å². The standard InChI is InChI=1S/C21H47NO7SSi2/c1-8-24-31(25-9-2,26-10-3)18-14-16-21(7,30-20(22)23)17-15-19-32(27-11-4,28-12-5)29-13-6/h8-19H2,1-7H3,(H2,22,23). The van der Waals surface area contributed by atoms with Crippen molar-refractivity contribution in [3.63, 3.8) is 0 Å². The summed E-state index contributed by atoms with van der Waals surface area (Å²) in [6.07, 6.45) is 3.26. The third-order valence-corrected chi connectivity index (χ3v) is 12.3. The van der Waals surface area contributed by atoms with Gasteiger partial charge in [-0.1, -0.05) is 11.8 Å².